The molecule has 156 valence electrons. The molecule has 2 aromatic carbocycles. The van der Waals surface area contributed by atoms with Crippen molar-refractivity contribution in [3.05, 3.63) is 58.1 Å². The Kier molecular flexibility index (Phi) is 7.19. The van der Waals surface area contributed by atoms with Crippen molar-refractivity contribution in [3.8, 4) is 5.75 Å². The lowest BCUT2D eigenvalue weighted by Gasteiger charge is -2.24. The number of hydrogen-bond acceptors (Lipinski definition) is 6. The third-order valence-electron chi connectivity index (χ3n) is 4.66. The lowest BCUT2D eigenvalue weighted by Crippen LogP contribution is -2.49. The van der Waals surface area contributed by atoms with Crippen LogP contribution in [0.3, 0.4) is 0 Å². The maximum atomic E-state index is 12.2. The van der Waals surface area contributed by atoms with Crippen LogP contribution in [0.1, 0.15) is 34.7 Å². The molecule has 0 aliphatic rings. The predicted molar refractivity (Wildman–Crippen MR) is 115 cm³/mol. The number of carbonyl (C=O) groups excluding carboxylic acids is 1. The van der Waals surface area contributed by atoms with Crippen molar-refractivity contribution in [1.82, 2.24) is 5.01 Å². The van der Waals surface area contributed by atoms with Crippen LogP contribution in [0.25, 0.3) is 0 Å². The lowest BCUT2D eigenvalue weighted by molar-refractivity contribution is 0.213. The van der Waals surface area contributed by atoms with Gasteiger partial charge in [-0.15, -0.1) is 0 Å². The number of hydrogen-bond donors (Lipinski definition) is 2. The number of ether oxygens (including phenoxy) is 1. The summed E-state index contributed by atoms with van der Waals surface area (Å²) in [4.78, 5) is 17.0. The highest BCUT2D eigenvalue weighted by Crippen LogP contribution is 2.28. The van der Waals surface area contributed by atoms with E-state index in [-0.39, 0.29) is 6.61 Å². The largest absolute Gasteiger partial charge is 0.489 e. The van der Waals surface area contributed by atoms with Crippen LogP contribution in [0.4, 0.5) is 10.5 Å². The fourth-order valence-electron chi connectivity index (χ4n) is 3.04. The lowest BCUT2D eigenvalue weighted by atomic mass is 10.0. The molecule has 4 N–H and O–H groups in total. The Morgan fingerprint density at radius 3 is 2.41 bits per heavy atom. The first-order valence-corrected chi connectivity index (χ1v) is 9.15. The Morgan fingerprint density at radius 1 is 1.10 bits per heavy atom. The molecule has 0 aliphatic heterocycles. The molecular weight excluding hydrogens is 370 g/mol. The van der Waals surface area contributed by atoms with Crippen molar-refractivity contribution in [1.29, 1.82) is 0 Å². The Balaban J connectivity index is 2.32. The van der Waals surface area contributed by atoms with Crippen molar-refractivity contribution in [2.45, 2.75) is 34.3 Å². The molecule has 0 saturated heterocycles. The zero-order chi connectivity index (χ0) is 21.7. The van der Waals surface area contributed by atoms with Crippen LogP contribution in [0, 0.1) is 20.8 Å². The number of hydrazine groups is 2. The van der Waals surface area contributed by atoms with Gasteiger partial charge < -0.3 is 9.57 Å². The molecule has 2 amide bonds. The molecule has 8 heteroatoms. The van der Waals surface area contributed by atoms with Crippen molar-refractivity contribution < 1.29 is 14.4 Å². The second-order valence-electron chi connectivity index (χ2n) is 6.92. The molecule has 0 unspecified atom stereocenters. The SMILES string of the molecule is CON=C(C)c1cc(C)c(OCc2c(C)cccc2N(N)C(=O)N(C)N)cc1C. The number of aryl methyl sites for hydroxylation is 3. The minimum atomic E-state index is -0.527. The van der Waals surface area contributed by atoms with E-state index in [0.29, 0.717) is 5.69 Å². The zero-order valence-corrected chi connectivity index (χ0v) is 17.8. The van der Waals surface area contributed by atoms with Crippen LogP contribution in [-0.2, 0) is 11.4 Å². The highest BCUT2D eigenvalue weighted by atomic mass is 16.6. The van der Waals surface area contributed by atoms with E-state index in [1.165, 1.54) is 14.2 Å². The predicted octanol–water partition coefficient (Wildman–Crippen LogP) is 3.17. The average molecular weight is 399 g/mol. The summed E-state index contributed by atoms with van der Waals surface area (Å²) in [7, 11) is 2.97. The average Bonchev–Trinajstić information content (AvgIpc) is 2.67. The van der Waals surface area contributed by atoms with Gasteiger partial charge >= 0.3 is 6.03 Å². The number of urea groups is 1. The summed E-state index contributed by atoms with van der Waals surface area (Å²) in [5.74, 6) is 12.3. The van der Waals surface area contributed by atoms with Crippen molar-refractivity contribution in [2.75, 3.05) is 19.2 Å². The van der Waals surface area contributed by atoms with E-state index >= 15 is 0 Å². The fourth-order valence-corrected chi connectivity index (χ4v) is 3.04. The summed E-state index contributed by atoms with van der Waals surface area (Å²) in [6.07, 6.45) is 0. The summed E-state index contributed by atoms with van der Waals surface area (Å²) >= 11 is 0. The summed E-state index contributed by atoms with van der Waals surface area (Å²) in [6.45, 7) is 8.05. The minimum absolute atomic E-state index is 0.252. The zero-order valence-electron chi connectivity index (χ0n) is 17.8. The molecule has 2 rings (SSSR count). The minimum Gasteiger partial charge on any atom is -0.489 e. The molecule has 0 fully saturated rings. The standard InChI is InChI=1S/C21H29N5O3/c1-13-8-7-9-19(26(23)21(27)25(5)22)18(13)12-29-20-11-14(2)17(10-15(20)3)16(4)24-28-6/h7-11H,12,22-23H2,1-6H3. The second-order valence-corrected chi connectivity index (χ2v) is 6.92. The molecule has 0 bridgehead atoms. The van der Waals surface area contributed by atoms with Crippen LogP contribution in [0.2, 0.25) is 0 Å². The highest BCUT2D eigenvalue weighted by molar-refractivity contribution is 6.00. The monoisotopic (exact) mass is 399 g/mol. The Hall–Kier alpha value is -3.10. The fraction of sp³-hybridized carbons (Fsp3) is 0.333. The molecule has 0 heterocycles. The number of nitrogens with two attached hydrogens (primary N) is 2. The molecule has 2 aromatic rings. The quantitative estimate of drug-likeness (QED) is 0.336. The van der Waals surface area contributed by atoms with E-state index < -0.39 is 6.03 Å². The molecule has 29 heavy (non-hydrogen) atoms. The Bertz CT molecular complexity index is 925. The number of oxime groups is 1. The Morgan fingerprint density at radius 2 is 1.79 bits per heavy atom. The van der Waals surface area contributed by atoms with Crippen LogP contribution in [0.15, 0.2) is 35.5 Å². The van der Waals surface area contributed by atoms with E-state index in [1.807, 2.05) is 52.0 Å². The molecule has 0 aromatic heterocycles. The van der Waals surface area contributed by atoms with Gasteiger partial charge in [0.1, 0.15) is 19.5 Å². The van der Waals surface area contributed by atoms with Gasteiger partial charge in [-0.1, -0.05) is 17.3 Å². The maximum absolute atomic E-state index is 12.2. The number of nitrogens with zero attached hydrogens (tertiary/aromatic N) is 3. The summed E-state index contributed by atoms with van der Waals surface area (Å²) in [6, 6.07) is 9.00. The topological polar surface area (TPSA) is 106 Å². The van der Waals surface area contributed by atoms with Gasteiger partial charge in [0.25, 0.3) is 0 Å². The first-order chi connectivity index (χ1) is 13.7. The molecule has 0 aliphatic carbocycles. The number of anilines is 1. The number of rotatable bonds is 6. The highest BCUT2D eigenvalue weighted by Gasteiger charge is 2.19. The number of amides is 2. The van der Waals surface area contributed by atoms with E-state index in [0.717, 1.165) is 49.3 Å². The first kappa shape index (κ1) is 22.2. The van der Waals surface area contributed by atoms with Crippen LogP contribution >= 0.6 is 0 Å². The van der Waals surface area contributed by atoms with Gasteiger partial charge in [0.2, 0.25) is 0 Å². The normalized spacial score (nSPS) is 11.2. The number of carbonyl (C=O) groups is 1. The summed E-state index contributed by atoms with van der Waals surface area (Å²) in [5.41, 5.74) is 6.09. The maximum Gasteiger partial charge on any atom is 0.352 e. The van der Waals surface area contributed by atoms with Crippen molar-refractivity contribution in [2.24, 2.45) is 16.8 Å². The van der Waals surface area contributed by atoms with E-state index in [9.17, 15) is 4.79 Å². The van der Waals surface area contributed by atoms with Gasteiger partial charge in [0, 0.05) is 18.2 Å². The van der Waals surface area contributed by atoms with E-state index in [2.05, 4.69) is 5.16 Å². The molecule has 0 saturated carbocycles. The van der Waals surface area contributed by atoms with Gasteiger partial charge in [0.15, 0.2) is 0 Å². The molecule has 0 spiro atoms. The molecular formula is C21H29N5O3. The first-order valence-electron chi connectivity index (χ1n) is 9.15. The van der Waals surface area contributed by atoms with Crippen molar-refractivity contribution >= 4 is 17.4 Å². The van der Waals surface area contributed by atoms with Gasteiger partial charge in [-0.2, -0.15) is 0 Å². The molecule has 0 atom stereocenters. The van der Waals surface area contributed by atoms with Gasteiger partial charge in [0.05, 0.1) is 11.4 Å². The van der Waals surface area contributed by atoms with Crippen LogP contribution in [-0.4, -0.2) is 30.9 Å². The Labute approximate surface area is 171 Å². The van der Waals surface area contributed by atoms with Gasteiger partial charge in [-0.3, -0.25) is 5.01 Å². The summed E-state index contributed by atoms with van der Waals surface area (Å²) < 4.78 is 6.10. The molecule has 0 radical (unpaired) electrons. The van der Waals surface area contributed by atoms with Crippen LogP contribution < -0.4 is 21.4 Å². The van der Waals surface area contributed by atoms with Gasteiger partial charge in [-0.05, 0) is 62.6 Å². The van der Waals surface area contributed by atoms with Crippen molar-refractivity contribution in [3.63, 3.8) is 0 Å². The molecule has 8 nitrogen and oxygen atoms in total. The smallest absolute Gasteiger partial charge is 0.352 e. The van der Waals surface area contributed by atoms with Crippen LogP contribution in [0.5, 0.6) is 5.75 Å². The van der Waals surface area contributed by atoms with Gasteiger partial charge in [-0.25, -0.2) is 21.5 Å². The third-order valence-corrected chi connectivity index (χ3v) is 4.66. The number of benzene rings is 2. The third kappa shape index (κ3) is 5.04. The van der Waals surface area contributed by atoms with E-state index in [4.69, 9.17) is 21.3 Å². The van der Waals surface area contributed by atoms with E-state index in [1.54, 1.807) is 6.07 Å². The summed E-state index contributed by atoms with van der Waals surface area (Å²) in [5, 5.41) is 5.96. The second kappa shape index (κ2) is 9.40.